The van der Waals surface area contributed by atoms with Crippen molar-refractivity contribution < 1.29 is 14.3 Å². The predicted octanol–water partition coefficient (Wildman–Crippen LogP) is 3.34. The lowest BCUT2D eigenvalue weighted by Crippen LogP contribution is -2.32. The molecule has 0 saturated carbocycles. The standard InChI is InChI=1S/C20H20N2O3/c1-12-17-11-15(9-13-6-4-8-22(18(13)17)20(12)24)21-19(23)14-5-3-7-16(10-14)25-2/h3,5,7,9-12H,4,6,8H2,1-2H3,(H,21,23)/t12-/m1/s1. The zero-order chi connectivity index (χ0) is 17.6. The van der Waals surface area contributed by atoms with Crippen molar-refractivity contribution in [2.24, 2.45) is 0 Å². The summed E-state index contributed by atoms with van der Waals surface area (Å²) in [5, 5.41) is 2.96. The second kappa shape index (κ2) is 5.92. The lowest BCUT2D eigenvalue weighted by atomic mass is 9.96. The van der Waals surface area contributed by atoms with Crippen LogP contribution in [0.4, 0.5) is 11.4 Å². The molecule has 1 atom stereocenters. The van der Waals surface area contributed by atoms with Gasteiger partial charge in [-0.2, -0.15) is 0 Å². The lowest BCUT2D eigenvalue weighted by molar-refractivity contribution is -0.119. The first kappa shape index (κ1) is 15.7. The molecular weight excluding hydrogens is 316 g/mol. The van der Waals surface area contributed by atoms with Gasteiger partial charge in [0.05, 0.1) is 18.7 Å². The number of hydrogen-bond acceptors (Lipinski definition) is 3. The third-order valence-corrected chi connectivity index (χ3v) is 5.01. The van der Waals surface area contributed by atoms with E-state index < -0.39 is 0 Å². The van der Waals surface area contributed by atoms with Crippen molar-refractivity contribution in [1.29, 1.82) is 0 Å². The predicted molar refractivity (Wildman–Crippen MR) is 96.5 cm³/mol. The maximum absolute atomic E-state index is 12.6. The van der Waals surface area contributed by atoms with Gasteiger partial charge in [0, 0.05) is 17.8 Å². The summed E-state index contributed by atoms with van der Waals surface area (Å²) in [5.74, 6) is 0.468. The van der Waals surface area contributed by atoms with E-state index in [0.29, 0.717) is 11.3 Å². The van der Waals surface area contributed by atoms with Crippen LogP contribution in [0.5, 0.6) is 5.75 Å². The number of nitrogens with one attached hydrogen (secondary N) is 1. The summed E-state index contributed by atoms with van der Waals surface area (Å²) in [6, 6.07) is 11.0. The van der Waals surface area contributed by atoms with E-state index >= 15 is 0 Å². The molecule has 2 heterocycles. The van der Waals surface area contributed by atoms with Crippen LogP contribution in [-0.4, -0.2) is 25.5 Å². The summed E-state index contributed by atoms with van der Waals surface area (Å²) >= 11 is 0. The zero-order valence-corrected chi connectivity index (χ0v) is 14.3. The SMILES string of the molecule is COc1cccc(C(=O)Nc2cc3c4c(c2)[C@@H](C)C(=O)N4CCC3)c1. The maximum atomic E-state index is 12.6. The summed E-state index contributed by atoms with van der Waals surface area (Å²) in [6.45, 7) is 2.72. The molecule has 0 fully saturated rings. The van der Waals surface area contributed by atoms with Gasteiger partial charge in [-0.15, -0.1) is 0 Å². The molecule has 1 N–H and O–H groups in total. The summed E-state index contributed by atoms with van der Waals surface area (Å²) in [5.41, 5.74) is 4.50. The van der Waals surface area contributed by atoms with Gasteiger partial charge in [0.2, 0.25) is 5.91 Å². The molecule has 0 unspecified atom stereocenters. The number of ether oxygens (including phenoxy) is 1. The third-order valence-electron chi connectivity index (χ3n) is 5.01. The minimum absolute atomic E-state index is 0.152. The van der Waals surface area contributed by atoms with Crippen molar-refractivity contribution in [3.63, 3.8) is 0 Å². The van der Waals surface area contributed by atoms with Crippen molar-refractivity contribution in [1.82, 2.24) is 0 Å². The molecule has 4 rings (SSSR count). The first-order chi connectivity index (χ1) is 12.1. The van der Waals surface area contributed by atoms with Gasteiger partial charge in [-0.1, -0.05) is 6.07 Å². The van der Waals surface area contributed by atoms with E-state index in [0.717, 1.165) is 41.9 Å². The summed E-state index contributed by atoms with van der Waals surface area (Å²) in [6.07, 6.45) is 1.89. The second-order valence-electron chi connectivity index (χ2n) is 6.57. The van der Waals surface area contributed by atoms with Gasteiger partial charge in [-0.3, -0.25) is 9.59 Å². The van der Waals surface area contributed by atoms with Crippen LogP contribution in [0.3, 0.4) is 0 Å². The molecule has 128 valence electrons. The second-order valence-corrected chi connectivity index (χ2v) is 6.57. The average Bonchev–Trinajstić information content (AvgIpc) is 2.88. The van der Waals surface area contributed by atoms with Crippen molar-refractivity contribution in [3.05, 3.63) is 53.1 Å². The van der Waals surface area contributed by atoms with Crippen LogP contribution in [-0.2, 0) is 11.2 Å². The van der Waals surface area contributed by atoms with Gasteiger partial charge in [0.25, 0.3) is 5.91 Å². The first-order valence-corrected chi connectivity index (χ1v) is 8.52. The third kappa shape index (κ3) is 2.56. The van der Waals surface area contributed by atoms with Gasteiger partial charge in [0.1, 0.15) is 5.75 Å². The Labute approximate surface area is 146 Å². The molecule has 0 spiro atoms. The number of nitrogens with zero attached hydrogens (tertiary/aromatic N) is 1. The van der Waals surface area contributed by atoms with Crippen LogP contribution in [0.15, 0.2) is 36.4 Å². The van der Waals surface area contributed by atoms with E-state index in [1.54, 1.807) is 31.4 Å². The van der Waals surface area contributed by atoms with Gasteiger partial charge >= 0.3 is 0 Å². The highest BCUT2D eigenvalue weighted by molar-refractivity contribution is 6.08. The normalized spacial score (nSPS) is 18.1. The molecule has 2 aliphatic rings. The summed E-state index contributed by atoms with van der Waals surface area (Å²) in [7, 11) is 1.58. The van der Waals surface area contributed by atoms with Crippen LogP contribution < -0.4 is 15.0 Å². The summed E-state index contributed by atoms with van der Waals surface area (Å²) < 4.78 is 5.17. The van der Waals surface area contributed by atoms with Crippen LogP contribution >= 0.6 is 0 Å². The highest BCUT2D eigenvalue weighted by Gasteiger charge is 2.37. The zero-order valence-electron chi connectivity index (χ0n) is 14.3. The number of hydrogen-bond donors (Lipinski definition) is 1. The number of aryl methyl sites for hydroxylation is 1. The fourth-order valence-electron chi connectivity index (χ4n) is 3.74. The molecule has 2 aliphatic heterocycles. The quantitative estimate of drug-likeness (QED) is 0.935. The number of rotatable bonds is 3. The van der Waals surface area contributed by atoms with Crippen LogP contribution in [0.25, 0.3) is 0 Å². The Kier molecular flexibility index (Phi) is 3.71. The number of carbonyl (C=O) groups excluding carboxylic acids is 2. The fraction of sp³-hybridized carbons (Fsp3) is 0.300. The molecule has 5 nitrogen and oxygen atoms in total. The number of benzene rings is 2. The number of carbonyl (C=O) groups is 2. The Balaban J connectivity index is 1.66. The van der Waals surface area contributed by atoms with Gasteiger partial charge < -0.3 is 15.0 Å². The van der Waals surface area contributed by atoms with E-state index in [4.69, 9.17) is 4.74 Å². The fourth-order valence-corrected chi connectivity index (χ4v) is 3.74. The topological polar surface area (TPSA) is 58.6 Å². The maximum Gasteiger partial charge on any atom is 0.255 e. The Morgan fingerprint density at radius 1 is 1.28 bits per heavy atom. The number of amides is 2. The van der Waals surface area contributed by atoms with Crippen molar-refractivity contribution in [3.8, 4) is 5.75 Å². The van der Waals surface area contributed by atoms with Crippen LogP contribution in [0.1, 0.15) is 40.7 Å². The molecule has 0 bridgehead atoms. The van der Waals surface area contributed by atoms with Gasteiger partial charge in [-0.25, -0.2) is 0 Å². The Morgan fingerprint density at radius 2 is 2.12 bits per heavy atom. The van der Waals surface area contributed by atoms with Crippen LogP contribution in [0.2, 0.25) is 0 Å². The average molecular weight is 336 g/mol. The number of methoxy groups -OCH3 is 1. The highest BCUT2D eigenvalue weighted by atomic mass is 16.5. The van der Waals surface area contributed by atoms with Gasteiger partial charge in [0.15, 0.2) is 0 Å². The molecule has 0 aliphatic carbocycles. The van der Waals surface area contributed by atoms with E-state index in [2.05, 4.69) is 5.32 Å². The molecule has 25 heavy (non-hydrogen) atoms. The lowest BCUT2D eigenvalue weighted by Gasteiger charge is -2.26. The molecule has 2 aromatic carbocycles. The minimum atomic E-state index is -0.185. The Morgan fingerprint density at radius 3 is 2.92 bits per heavy atom. The smallest absolute Gasteiger partial charge is 0.255 e. The largest absolute Gasteiger partial charge is 0.497 e. The molecule has 0 radical (unpaired) electrons. The van der Waals surface area contributed by atoms with Crippen LogP contribution in [0, 0.1) is 0 Å². The van der Waals surface area contributed by atoms with E-state index in [1.807, 2.05) is 24.0 Å². The molecule has 0 aromatic heterocycles. The number of anilines is 2. The van der Waals surface area contributed by atoms with Crippen molar-refractivity contribution in [2.75, 3.05) is 23.9 Å². The van der Waals surface area contributed by atoms with E-state index in [-0.39, 0.29) is 17.7 Å². The molecule has 2 aromatic rings. The molecular formula is C20H20N2O3. The van der Waals surface area contributed by atoms with Crippen molar-refractivity contribution >= 4 is 23.2 Å². The minimum Gasteiger partial charge on any atom is -0.497 e. The van der Waals surface area contributed by atoms with E-state index in [9.17, 15) is 9.59 Å². The highest BCUT2D eigenvalue weighted by Crippen LogP contribution is 2.44. The monoisotopic (exact) mass is 336 g/mol. The van der Waals surface area contributed by atoms with Gasteiger partial charge in [-0.05, 0) is 61.2 Å². The summed E-state index contributed by atoms with van der Waals surface area (Å²) in [4.78, 5) is 26.9. The molecule has 2 amide bonds. The van der Waals surface area contributed by atoms with E-state index in [1.165, 1.54) is 0 Å². The first-order valence-electron chi connectivity index (χ1n) is 8.52. The Hall–Kier alpha value is -2.82. The van der Waals surface area contributed by atoms with Crippen molar-refractivity contribution in [2.45, 2.75) is 25.7 Å². The molecule has 5 heteroatoms. The molecule has 0 saturated heterocycles. The Bertz CT molecular complexity index is 875.